The Morgan fingerprint density at radius 1 is 1.07 bits per heavy atom. The number of hydrogen-bond donors (Lipinski definition) is 3. The molecule has 0 aromatic heterocycles. The lowest BCUT2D eigenvalue weighted by Crippen LogP contribution is -2.56. The minimum Gasteiger partial charge on any atom is -0.444 e. The lowest BCUT2D eigenvalue weighted by molar-refractivity contribution is -0.142. The quantitative estimate of drug-likeness (QED) is 0.456. The van der Waals surface area contributed by atoms with Gasteiger partial charge in [-0.1, -0.05) is 19.9 Å². The van der Waals surface area contributed by atoms with Gasteiger partial charge >= 0.3 is 6.09 Å². The van der Waals surface area contributed by atoms with Gasteiger partial charge in [0, 0.05) is 11.1 Å². The highest BCUT2D eigenvalue weighted by Gasteiger charge is 2.68. The van der Waals surface area contributed by atoms with Crippen LogP contribution < -0.4 is 10.6 Å². The molecule has 4 rings (SSSR count). The third kappa shape index (κ3) is 5.76. The van der Waals surface area contributed by atoms with E-state index in [2.05, 4.69) is 10.6 Å². The van der Waals surface area contributed by atoms with Gasteiger partial charge in [-0.15, -0.1) is 0 Å². The molecule has 5 atom stereocenters. The molecule has 9 nitrogen and oxygen atoms in total. The van der Waals surface area contributed by atoms with Crippen molar-refractivity contribution in [3.05, 3.63) is 29.3 Å². The van der Waals surface area contributed by atoms with Crippen LogP contribution in [0.25, 0.3) is 0 Å². The maximum Gasteiger partial charge on any atom is 0.414 e. The summed E-state index contributed by atoms with van der Waals surface area (Å²) in [6.07, 6.45) is -0.109. The number of aliphatic hydroxyl groups is 1. The van der Waals surface area contributed by atoms with Gasteiger partial charge in [-0.25, -0.2) is 18.6 Å². The molecular formula is C31H44F2N4O5. The number of halogens is 2. The van der Waals surface area contributed by atoms with Crippen LogP contribution in [0.1, 0.15) is 86.3 Å². The topological polar surface area (TPSA) is 120 Å². The smallest absolute Gasteiger partial charge is 0.414 e. The number of aliphatic hydroxyl groups excluding tert-OH is 1. The number of anilines is 1. The summed E-state index contributed by atoms with van der Waals surface area (Å²) in [5, 5.41) is 16.1. The second kappa shape index (κ2) is 10.3. The third-order valence-corrected chi connectivity index (χ3v) is 8.42. The molecule has 3 aliphatic rings. The fourth-order valence-electron chi connectivity index (χ4n) is 6.85. The van der Waals surface area contributed by atoms with Crippen LogP contribution in [0.2, 0.25) is 0 Å². The first-order chi connectivity index (χ1) is 19.1. The number of fused-ring (bicyclic) bond motifs is 3. The largest absolute Gasteiger partial charge is 0.444 e. The van der Waals surface area contributed by atoms with Crippen LogP contribution in [0, 0.1) is 17.3 Å². The first-order valence-electron chi connectivity index (χ1n) is 14.5. The molecule has 1 heterocycles. The highest BCUT2D eigenvalue weighted by molar-refractivity contribution is 6.12. The van der Waals surface area contributed by atoms with E-state index >= 15 is 4.39 Å². The fraction of sp³-hybridized carbons (Fsp3) is 0.677. The normalized spacial score (nSPS) is 29.5. The van der Waals surface area contributed by atoms with Crippen molar-refractivity contribution in [1.29, 1.82) is 0 Å². The van der Waals surface area contributed by atoms with Gasteiger partial charge in [0.2, 0.25) is 5.96 Å². The number of nitrogens with zero attached hydrogens (tertiary/aromatic N) is 2. The number of alkyl halides is 2. The van der Waals surface area contributed by atoms with Gasteiger partial charge in [0.25, 0.3) is 11.8 Å². The summed E-state index contributed by atoms with van der Waals surface area (Å²) in [5.41, 5.74) is -5.63. The minimum atomic E-state index is -2.14. The van der Waals surface area contributed by atoms with Crippen molar-refractivity contribution in [2.45, 2.75) is 110 Å². The van der Waals surface area contributed by atoms with E-state index in [1.165, 1.54) is 13.8 Å². The van der Waals surface area contributed by atoms with Crippen LogP contribution in [0.4, 0.5) is 19.3 Å². The predicted octanol–water partition coefficient (Wildman–Crippen LogP) is 5.01. The molecule has 3 N–H and O–H groups in total. The van der Waals surface area contributed by atoms with E-state index in [0.717, 1.165) is 24.3 Å². The molecule has 1 aromatic carbocycles. The molecule has 2 spiro atoms. The average Bonchev–Trinajstić information content (AvgIpc) is 3.21. The summed E-state index contributed by atoms with van der Waals surface area (Å²) < 4.78 is 35.0. The first-order valence-corrected chi connectivity index (χ1v) is 14.5. The summed E-state index contributed by atoms with van der Waals surface area (Å²) in [4.78, 5) is 46.3. The van der Waals surface area contributed by atoms with E-state index < -0.39 is 51.9 Å². The average molecular weight is 591 g/mol. The van der Waals surface area contributed by atoms with Gasteiger partial charge in [0.15, 0.2) is 11.2 Å². The Morgan fingerprint density at radius 3 is 2.19 bits per heavy atom. The molecule has 1 fully saturated rings. The van der Waals surface area contributed by atoms with E-state index in [-0.39, 0.29) is 30.0 Å². The van der Waals surface area contributed by atoms with Crippen molar-refractivity contribution in [2.24, 2.45) is 22.2 Å². The Balaban J connectivity index is 1.92. The zero-order chi connectivity index (χ0) is 31.6. The number of rotatable bonds is 4. The highest BCUT2D eigenvalue weighted by atomic mass is 19.1. The highest BCUT2D eigenvalue weighted by Crippen LogP contribution is 2.63. The van der Waals surface area contributed by atoms with E-state index in [4.69, 9.17) is 9.73 Å². The van der Waals surface area contributed by atoms with Crippen LogP contribution in [-0.4, -0.2) is 63.5 Å². The van der Waals surface area contributed by atoms with E-state index in [1.807, 2.05) is 13.8 Å². The maximum atomic E-state index is 15.2. The molecule has 2 aliphatic carbocycles. The number of ether oxygens (including phenoxy) is 1. The van der Waals surface area contributed by atoms with Gasteiger partial charge < -0.3 is 15.2 Å². The van der Waals surface area contributed by atoms with Gasteiger partial charge in [-0.2, -0.15) is 0 Å². The molecule has 232 valence electrons. The molecule has 1 aliphatic heterocycles. The van der Waals surface area contributed by atoms with E-state index in [1.54, 1.807) is 39.0 Å². The molecule has 0 bridgehead atoms. The Hall–Kier alpha value is -3.08. The molecule has 0 saturated heterocycles. The van der Waals surface area contributed by atoms with Crippen molar-refractivity contribution < 1.29 is 33.0 Å². The number of carbonyl (C=O) groups is 3. The molecule has 2 unspecified atom stereocenters. The number of alkyl carbamates (subject to hydrolysis) is 1. The number of guanidine groups is 1. The monoisotopic (exact) mass is 590 g/mol. The Morgan fingerprint density at radius 2 is 1.67 bits per heavy atom. The Bertz CT molecular complexity index is 1300. The standard InChI is InChI=1S/C31H44F2N4O5/c1-17-13-30(14-18(2)22(17)38)15-19-10-11-20(34-23(39)29(8,9)33)12-21(19)31(30)24(40)37(16-28(6,7)32)25(36-31)35-26(41)42-27(3,4)5/h10-12,17-18,22,38H,13-16H2,1-9H3,(H,34,39)(H,35,36,41)/t17-,18+,22?,30?,31-/m1/s1. The van der Waals surface area contributed by atoms with Gasteiger partial charge in [-0.3, -0.25) is 19.8 Å². The van der Waals surface area contributed by atoms with E-state index in [0.29, 0.717) is 24.8 Å². The van der Waals surface area contributed by atoms with Crippen molar-refractivity contribution in [3.8, 4) is 0 Å². The second-order valence-electron chi connectivity index (χ2n) is 14.5. The molecule has 42 heavy (non-hydrogen) atoms. The fourth-order valence-corrected chi connectivity index (χ4v) is 6.85. The molecule has 1 saturated carbocycles. The molecular weight excluding hydrogens is 546 g/mol. The molecule has 11 heteroatoms. The van der Waals surface area contributed by atoms with Crippen molar-refractivity contribution in [3.63, 3.8) is 0 Å². The van der Waals surface area contributed by atoms with Crippen molar-refractivity contribution in [1.82, 2.24) is 10.2 Å². The van der Waals surface area contributed by atoms with Crippen molar-refractivity contribution in [2.75, 3.05) is 11.9 Å². The number of nitrogens with one attached hydrogen (secondary N) is 2. The number of benzene rings is 1. The number of amides is 3. The van der Waals surface area contributed by atoms with E-state index in [9.17, 15) is 23.9 Å². The van der Waals surface area contributed by atoms with Crippen LogP contribution in [0.5, 0.6) is 0 Å². The van der Waals surface area contributed by atoms with Gasteiger partial charge in [0.05, 0.1) is 12.6 Å². The first kappa shape index (κ1) is 31.8. The molecule has 1 aromatic rings. The van der Waals surface area contributed by atoms with Crippen LogP contribution in [0.15, 0.2) is 23.2 Å². The molecule has 3 amide bonds. The second-order valence-corrected chi connectivity index (χ2v) is 14.5. The Labute approximate surface area is 246 Å². The lowest BCUT2D eigenvalue weighted by Gasteiger charge is -2.49. The summed E-state index contributed by atoms with van der Waals surface area (Å²) in [7, 11) is 0. The summed E-state index contributed by atoms with van der Waals surface area (Å²) in [6.45, 7) is 13.5. The Kier molecular flexibility index (Phi) is 7.79. The summed E-state index contributed by atoms with van der Waals surface area (Å²) in [6, 6.07) is 5.08. The summed E-state index contributed by atoms with van der Waals surface area (Å²) >= 11 is 0. The summed E-state index contributed by atoms with van der Waals surface area (Å²) in [5.74, 6) is -1.84. The van der Waals surface area contributed by atoms with Gasteiger partial charge in [-0.05, 0) is 103 Å². The SMILES string of the molecule is C[C@@H]1CC2(Cc3ccc(NC(=O)C(C)(C)F)cc3[C@]23N=C(NC(=O)OC(C)(C)C)N(CC(C)(C)F)C3=O)C[C@H](C)C1O. The van der Waals surface area contributed by atoms with Crippen molar-refractivity contribution >= 4 is 29.6 Å². The zero-order valence-electron chi connectivity index (χ0n) is 26.0. The maximum absolute atomic E-state index is 15.2. The van der Waals surface area contributed by atoms with Crippen LogP contribution in [0.3, 0.4) is 0 Å². The zero-order valence-corrected chi connectivity index (χ0v) is 26.0. The third-order valence-electron chi connectivity index (χ3n) is 8.42. The lowest BCUT2D eigenvalue weighted by atomic mass is 9.56. The predicted molar refractivity (Wildman–Crippen MR) is 155 cm³/mol. The number of hydrogen-bond acceptors (Lipinski definition) is 6. The number of aliphatic imine (C=N–C) groups is 1. The van der Waals surface area contributed by atoms with Crippen LogP contribution >= 0.6 is 0 Å². The van der Waals surface area contributed by atoms with Crippen LogP contribution in [-0.2, 0) is 26.3 Å². The minimum absolute atomic E-state index is 0.127. The number of carbonyl (C=O) groups excluding carboxylic acids is 3. The van der Waals surface area contributed by atoms with Gasteiger partial charge in [0.1, 0.15) is 11.3 Å². The molecule has 0 radical (unpaired) electrons.